The number of anilines is 1. The molecule has 0 aromatic heterocycles. The lowest BCUT2D eigenvalue weighted by atomic mass is 10.0. The first-order valence-corrected chi connectivity index (χ1v) is 7.57. The molecular weight excluding hydrogens is 282 g/mol. The number of thioether (sulfide) groups is 1. The fraction of sp³-hybridized carbons (Fsp3) is 0.500. The number of carbonyl (C=O) groups excluding carboxylic acids is 1. The van der Waals surface area contributed by atoms with Crippen molar-refractivity contribution in [3.8, 4) is 0 Å². The topological polar surface area (TPSA) is 41.1 Å². The maximum atomic E-state index is 12.3. The zero-order valence-corrected chi connectivity index (χ0v) is 11.9. The van der Waals surface area contributed by atoms with Crippen molar-refractivity contribution in [1.82, 2.24) is 5.32 Å². The van der Waals surface area contributed by atoms with Gasteiger partial charge in [0.05, 0.1) is 0 Å². The Morgan fingerprint density at radius 1 is 1.50 bits per heavy atom. The van der Waals surface area contributed by atoms with Gasteiger partial charge in [0.15, 0.2) is 0 Å². The predicted molar refractivity (Wildman–Crippen MR) is 77.1 cm³/mol. The van der Waals surface area contributed by atoms with Gasteiger partial charge < -0.3 is 10.6 Å². The minimum Gasteiger partial charge on any atom is -0.326 e. The molecule has 110 valence electrons. The van der Waals surface area contributed by atoms with E-state index in [4.69, 9.17) is 0 Å². The molecule has 1 amide bonds. The van der Waals surface area contributed by atoms with Crippen molar-refractivity contribution in [3.63, 3.8) is 0 Å². The van der Waals surface area contributed by atoms with E-state index in [2.05, 4.69) is 10.6 Å². The highest BCUT2D eigenvalue weighted by Gasteiger charge is 2.15. The van der Waals surface area contributed by atoms with Crippen LogP contribution in [0.4, 0.5) is 14.5 Å². The molecule has 1 unspecified atom stereocenters. The van der Waals surface area contributed by atoms with Crippen LogP contribution in [0, 0.1) is 5.92 Å². The molecule has 0 saturated carbocycles. The van der Waals surface area contributed by atoms with Crippen LogP contribution in [0.25, 0.3) is 0 Å². The molecule has 0 spiro atoms. The summed E-state index contributed by atoms with van der Waals surface area (Å²) in [5, 5.41) is 6.03. The molecule has 1 aliphatic rings. The largest absolute Gasteiger partial charge is 0.326 e. The lowest BCUT2D eigenvalue weighted by Gasteiger charge is -2.09. The van der Waals surface area contributed by atoms with Crippen LogP contribution >= 0.6 is 11.8 Å². The predicted octanol–water partition coefficient (Wildman–Crippen LogP) is 3.33. The van der Waals surface area contributed by atoms with E-state index in [-0.39, 0.29) is 5.91 Å². The third kappa shape index (κ3) is 5.09. The summed E-state index contributed by atoms with van der Waals surface area (Å²) >= 11 is 0.481. The highest BCUT2D eigenvalue weighted by atomic mass is 32.2. The third-order valence-electron chi connectivity index (χ3n) is 3.28. The zero-order valence-electron chi connectivity index (χ0n) is 11.1. The van der Waals surface area contributed by atoms with Crippen LogP contribution in [0.1, 0.15) is 19.3 Å². The number of hydrogen-bond acceptors (Lipinski definition) is 3. The first-order valence-electron chi connectivity index (χ1n) is 6.69. The van der Waals surface area contributed by atoms with Crippen LogP contribution in [-0.4, -0.2) is 24.8 Å². The van der Waals surface area contributed by atoms with E-state index in [0.717, 1.165) is 25.9 Å². The first-order chi connectivity index (χ1) is 9.63. The molecule has 1 aliphatic heterocycles. The third-order valence-corrected chi connectivity index (χ3v) is 3.99. The molecule has 20 heavy (non-hydrogen) atoms. The standard InChI is InChI=1S/C14H18F2N2OS/c15-14(16)20-12-3-1-2-11(8-12)18-13(19)5-4-10-6-7-17-9-10/h1-3,8,10,14,17H,4-7,9H2,(H,18,19). The highest BCUT2D eigenvalue weighted by molar-refractivity contribution is 7.99. The molecule has 1 fully saturated rings. The molecule has 1 aromatic rings. The van der Waals surface area contributed by atoms with Gasteiger partial charge in [-0.05, 0) is 50.0 Å². The molecular formula is C14H18F2N2OS. The summed E-state index contributed by atoms with van der Waals surface area (Å²) in [4.78, 5) is 12.3. The fourth-order valence-electron chi connectivity index (χ4n) is 2.27. The van der Waals surface area contributed by atoms with E-state index >= 15 is 0 Å². The van der Waals surface area contributed by atoms with E-state index in [1.807, 2.05) is 0 Å². The lowest BCUT2D eigenvalue weighted by molar-refractivity contribution is -0.116. The number of nitrogens with one attached hydrogen (secondary N) is 2. The van der Waals surface area contributed by atoms with Crippen LogP contribution in [0.15, 0.2) is 29.2 Å². The Labute approximate surface area is 121 Å². The Morgan fingerprint density at radius 2 is 2.35 bits per heavy atom. The quantitative estimate of drug-likeness (QED) is 0.792. The van der Waals surface area contributed by atoms with E-state index < -0.39 is 5.76 Å². The molecule has 2 N–H and O–H groups in total. The van der Waals surface area contributed by atoms with Gasteiger partial charge in [0, 0.05) is 17.0 Å². The number of halogens is 2. The summed E-state index contributed by atoms with van der Waals surface area (Å²) < 4.78 is 24.6. The smallest absolute Gasteiger partial charge is 0.288 e. The minimum absolute atomic E-state index is 0.0592. The van der Waals surface area contributed by atoms with Gasteiger partial charge in [-0.25, -0.2) is 0 Å². The van der Waals surface area contributed by atoms with Crippen molar-refractivity contribution in [2.24, 2.45) is 5.92 Å². The van der Waals surface area contributed by atoms with Gasteiger partial charge in [0.1, 0.15) is 0 Å². The number of carbonyl (C=O) groups is 1. The van der Waals surface area contributed by atoms with Crippen molar-refractivity contribution in [3.05, 3.63) is 24.3 Å². The van der Waals surface area contributed by atoms with Crippen molar-refractivity contribution < 1.29 is 13.6 Å². The second kappa shape index (κ2) is 7.59. The Balaban J connectivity index is 1.80. The molecule has 0 aliphatic carbocycles. The maximum absolute atomic E-state index is 12.3. The van der Waals surface area contributed by atoms with Crippen molar-refractivity contribution >= 4 is 23.4 Å². The molecule has 1 heterocycles. The van der Waals surface area contributed by atoms with Gasteiger partial charge in [-0.2, -0.15) is 8.78 Å². The Morgan fingerprint density at radius 3 is 3.05 bits per heavy atom. The SMILES string of the molecule is O=C(CCC1CCNC1)Nc1cccc(SC(F)F)c1. The second-order valence-corrected chi connectivity index (χ2v) is 5.92. The van der Waals surface area contributed by atoms with Crippen LogP contribution in [0.3, 0.4) is 0 Å². The van der Waals surface area contributed by atoms with Crippen molar-refractivity contribution in [2.75, 3.05) is 18.4 Å². The summed E-state index contributed by atoms with van der Waals surface area (Å²) in [6, 6.07) is 6.56. The number of benzene rings is 1. The summed E-state index contributed by atoms with van der Waals surface area (Å²) in [5.74, 6) is -1.94. The maximum Gasteiger partial charge on any atom is 0.288 e. The summed E-state index contributed by atoms with van der Waals surface area (Å²) in [6.45, 7) is 2.01. The lowest BCUT2D eigenvalue weighted by Crippen LogP contribution is -2.15. The van der Waals surface area contributed by atoms with Gasteiger partial charge >= 0.3 is 0 Å². The van der Waals surface area contributed by atoms with Crippen LogP contribution < -0.4 is 10.6 Å². The second-order valence-electron chi connectivity index (χ2n) is 4.85. The van der Waals surface area contributed by atoms with Gasteiger partial charge in [0.25, 0.3) is 5.76 Å². The Hall–Kier alpha value is -1.14. The van der Waals surface area contributed by atoms with Crippen LogP contribution in [0.2, 0.25) is 0 Å². The molecule has 1 saturated heterocycles. The van der Waals surface area contributed by atoms with Crippen LogP contribution in [-0.2, 0) is 4.79 Å². The molecule has 6 heteroatoms. The minimum atomic E-state index is -2.45. The average Bonchev–Trinajstić information content (AvgIpc) is 2.89. The zero-order chi connectivity index (χ0) is 14.4. The van der Waals surface area contributed by atoms with E-state index in [9.17, 15) is 13.6 Å². The molecule has 1 aromatic carbocycles. The van der Waals surface area contributed by atoms with Gasteiger partial charge in [0.2, 0.25) is 5.91 Å². The van der Waals surface area contributed by atoms with Gasteiger partial charge in [-0.15, -0.1) is 0 Å². The number of alkyl halides is 2. The molecule has 0 radical (unpaired) electrons. The van der Waals surface area contributed by atoms with Crippen LogP contribution in [0.5, 0.6) is 0 Å². The highest BCUT2D eigenvalue weighted by Crippen LogP contribution is 2.27. The molecule has 3 nitrogen and oxygen atoms in total. The van der Waals surface area contributed by atoms with E-state index in [0.29, 0.717) is 34.7 Å². The monoisotopic (exact) mass is 300 g/mol. The summed E-state index contributed by atoms with van der Waals surface area (Å²) in [7, 11) is 0. The first kappa shape index (κ1) is 15.3. The average molecular weight is 300 g/mol. The molecule has 1 atom stereocenters. The normalized spacial score (nSPS) is 18.4. The van der Waals surface area contributed by atoms with Crippen molar-refractivity contribution in [1.29, 1.82) is 0 Å². The van der Waals surface area contributed by atoms with Gasteiger partial charge in [-0.3, -0.25) is 4.79 Å². The Kier molecular flexibility index (Phi) is 5.79. The summed E-state index contributed by atoms with van der Waals surface area (Å²) in [6.07, 6.45) is 2.46. The molecule has 2 rings (SSSR count). The fourth-order valence-corrected chi connectivity index (χ4v) is 2.83. The van der Waals surface area contributed by atoms with E-state index in [1.165, 1.54) is 0 Å². The number of rotatable bonds is 6. The van der Waals surface area contributed by atoms with Crippen molar-refractivity contribution in [2.45, 2.75) is 29.9 Å². The number of amides is 1. The number of hydrogen-bond donors (Lipinski definition) is 2. The van der Waals surface area contributed by atoms with Gasteiger partial charge in [-0.1, -0.05) is 17.8 Å². The molecule has 0 bridgehead atoms. The van der Waals surface area contributed by atoms with E-state index in [1.54, 1.807) is 24.3 Å². The summed E-state index contributed by atoms with van der Waals surface area (Å²) in [5.41, 5.74) is 0.574. The Bertz CT molecular complexity index is 451.